The van der Waals surface area contributed by atoms with Crippen molar-refractivity contribution in [1.82, 2.24) is 5.32 Å². The molecule has 14 heavy (non-hydrogen) atoms. The van der Waals surface area contributed by atoms with E-state index in [1.165, 1.54) is 0 Å². The molecule has 0 radical (unpaired) electrons. The van der Waals surface area contributed by atoms with Gasteiger partial charge in [0.25, 0.3) is 0 Å². The smallest absolute Gasteiger partial charge is 0.0969 e. The highest BCUT2D eigenvalue weighted by atomic mass is 79.9. The summed E-state index contributed by atoms with van der Waals surface area (Å²) in [6.07, 6.45) is 0.432. The first-order chi connectivity index (χ1) is 6.76. The molecule has 1 aliphatic rings. The van der Waals surface area contributed by atoms with E-state index in [2.05, 4.69) is 49.3 Å². The number of hydrogen-bond donors (Lipinski definition) is 1. The summed E-state index contributed by atoms with van der Waals surface area (Å²) in [7, 11) is 0. The largest absolute Gasteiger partial charge is 0.359 e. The molecule has 0 aliphatic carbocycles. The molecule has 0 unspecified atom stereocenters. The summed E-state index contributed by atoms with van der Waals surface area (Å²) in [5.41, 5.74) is 2.95. The average molecular weight is 317 g/mol. The molecule has 3 nitrogen and oxygen atoms in total. The van der Waals surface area contributed by atoms with Gasteiger partial charge in [-0.2, -0.15) is 10.5 Å². The number of nitrogens with one attached hydrogen (secondary N) is 1. The highest BCUT2D eigenvalue weighted by Crippen LogP contribution is 2.23. The van der Waals surface area contributed by atoms with Crippen LogP contribution in [0.25, 0.3) is 0 Å². The maximum Gasteiger partial charge on any atom is 0.0969 e. The monoisotopic (exact) mass is 315 g/mol. The quantitative estimate of drug-likeness (QED) is 0.795. The van der Waals surface area contributed by atoms with Gasteiger partial charge in [-0.25, -0.2) is 0 Å². The van der Waals surface area contributed by atoms with Gasteiger partial charge in [0.15, 0.2) is 0 Å². The van der Waals surface area contributed by atoms with Gasteiger partial charge in [0, 0.05) is 28.5 Å². The van der Waals surface area contributed by atoms with Crippen LogP contribution in [0.4, 0.5) is 0 Å². The summed E-state index contributed by atoms with van der Waals surface area (Å²) >= 11 is 6.60. The van der Waals surface area contributed by atoms with Crippen molar-refractivity contribution in [2.45, 2.75) is 6.42 Å². The Kier molecular flexibility index (Phi) is 4.19. The van der Waals surface area contributed by atoms with Crippen LogP contribution >= 0.6 is 31.9 Å². The van der Waals surface area contributed by atoms with E-state index in [0.717, 1.165) is 11.4 Å². The summed E-state index contributed by atoms with van der Waals surface area (Å²) in [5.74, 6) is 0. The summed E-state index contributed by atoms with van der Waals surface area (Å²) < 4.78 is 0. The minimum absolute atomic E-state index is 0.432. The molecule has 0 aromatic carbocycles. The standard InChI is InChI=1S/C9H7Br2N3/c10-2-8-6(4-12)1-7(5-13)9(3-11)14-8/h14H,1-3H2. The number of rotatable bonds is 2. The fourth-order valence-electron chi connectivity index (χ4n) is 1.17. The molecule has 0 amide bonds. The summed E-state index contributed by atoms with van der Waals surface area (Å²) in [5, 5.41) is 22.0. The third kappa shape index (κ3) is 2.17. The first kappa shape index (κ1) is 11.3. The van der Waals surface area contributed by atoms with Crippen LogP contribution in [0.1, 0.15) is 6.42 Å². The molecular formula is C9H7Br2N3. The van der Waals surface area contributed by atoms with E-state index in [-0.39, 0.29) is 0 Å². The Morgan fingerprint density at radius 1 is 1.07 bits per heavy atom. The molecule has 0 atom stereocenters. The highest BCUT2D eigenvalue weighted by molar-refractivity contribution is 9.09. The lowest BCUT2D eigenvalue weighted by Crippen LogP contribution is -2.22. The zero-order valence-corrected chi connectivity index (χ0v) is 10.4. The normalized spacial score (nSPS) is 16.0. The van der Waals surface area contributed by atoms with Gasteiger partial charge in [0.2, 0.25) is 0 Å². The third-order valence-electron chi connectivity index (χ3n) is 1.92. The molecule has 1 N–H and O–H groups in total. The molecule has 0 fully saturated rings. The van der Waals surface area contributed by atoms with E-state index in [1.807, 2.05) is 0 Å². The summed E-state index contributed by atoms with van der Waals surface area (Å²) in [6.45, 7) is 0. The zero-order valence-electron chi connectivity index (χ0n) is 7.27. The van der Waals surface area contributed by atoms with Crippen LogP contribution in [0.3, 0.4) is 0 Å². The molecule has 0 spiro atoms. The number of allylic oxidation sites excluding steroid dienone is 4. The molecule has 0 aromatic heterocycles. The minimum Gasteiger partial charge on any atom is -0.359 e. The number of nitriles is 2. The Bertz CT molecular complexity index is 346. The van der Waals surface area contributed by atoms with Crippen molar-refractivity contribution in [1.29, 1.82) is 10.5 Å². The van der Waals surface area contributed by atoms with Crippen LogP contribution in [0.5, 0.6) is 0 Å². The molecule has 0 bridgehead atoms. The zero-order chi connectivity index (χ0) is 10.6. The van der Waals surface area contributed by atoms with Gasteiger partial charge in [-0.15, -0.1) is 0 Å². The number of nitrogens with zero attached hydrogens (tertiary/aromatic N) is 2. The fourth-order valence-corrected chi connectivity index (χ4v) is 2.12. The number of hydrogen-bond acceptors (Lipinski definition) is 3. The van der Waals surface area contributed by atoms with E-state index in [0.29, 0.717) is 28.2 Å². The Hall–Kier alpha value is -0.780. The van der Waals surface area contributed by atoms with Gasteiger partial charge >= 0.3 is 0 Å². The molecule has 72 valence electrons. The van der Waals surface area contributed by atoms with Gasteiger partial charge in [-0.05, 0) is 0 Å². The Balaban J connectivity index is 3.01. The molecule has 0 aromatic rings. The van der Waals surface area contributed by atoms with Gasteiger partial charge in [0.1, 0.15) is 0 Å². The average Bonchev–Trinajstić information content (AvgIpc) is 2.26. The van der Waals surface area contributed by atoms with Crippen molar-refractivity contribution >= 4 is 31.9 Å². The van der Waals surface area contributed by atoms with Crippen LogP contribution in [0.15, 0.2) is 22.5 Å². The number of dihydropyridines is 1. The molecule has 0 saturated carbocycles. The SMILES string of the molecule is N#CC1=C(CBr)NC(CBr)=C(C#N)C1. The van der Waals surface area contributed by atoms with Crippen LogP contribution in [0, 0.1) is 22.7 Å². The second-order valence-corrected chi connectivity index (χ2v) is 3.83. The van der Waals surface area contributed by atoms with Crippen LogP contribution in [-0.4, -0.2) is 10.7 Å². The lowest BCUT2D eigenvalue weighted by molar-refractivity contribution is 0.888. The van der Waals surface area contributed by atoms with Crippen LogP contribution in [0.2, 0.25) is 0 Å². The maximum atomic E-state index is 8.85. The van der Waals surface area contributed by atoms with Crippen molar-refractivity contribution in [2.24, 2.45) is 0 Å². The predicted molar refractivity (Wildman–Crippen MR) is 60.6 cm³/mol. The predicted octanol–water partition coefficient (Wildman–Crippen LogP) is 2.32. The van der Waals surface area contributed by atoms with Crippen molar-refractivity contribution in [2.75, 3.05) is 10.7 Å². The van der Waals surface area contributed by atoms with Gasteiger partial charge in [0.05, 0.1) is 23.3 Å². The molecule has 0 saturated heterocycles. The first-order valence-corrected chi connectivity index (χ1v) is 6.14. The Morgan fingerprint density at radius 2 is 1.50 bits per heavy atom. The van der Waals surface area contributed by atoms with E-state index in [1.54, 1.807) is 0 Å². The fraction of sp³-hybridized carbons (Fsp3) is 0.333. The van der Waals surface area contributed by atoms with Crippen LogP contribution < -0.4 is 5.32 Å². The van der Waals surface area contributed by atoms with Crippen molar-refractivity contribution < 1.29 is 0 Å². The van der Waals surface area contributed by atoms with Gasteiger partial charge < -0.3 is 5.32 Å². The summed E-state index contributed by atoms with van der Waals surface area (Å²) in [4.78, 5) is 0. The minimum atomic E-state index is 0.432. The second kappa shape index (κ2) is 5.19. The van der Waals surface area contributed by atoms with Gasteiger partial charge in [-0.3, -0.25) is 0 Å². The lowest BCUT2D eigenvalue weighted by atomic mass is 10.0. The van der Waals surface area contributed by atoms with E-state index >= 15 is 0 Å². The summed E-state index contributed by atoms with van der Waals surface area (Å²) in [6, 6.07) is 4.20. The molecule has 5 heteroatoms. The second-order valence-electron chi connectivity index (χ2n) is 2.71. The van der Waals surface area contributed by atoms with E-state index < -0.39 is 0 Å². The Morgan fingerprint density at radius 3 is 1.79 bits per heavy atom. The lowest BCUT2D eigenvalue weighted by Gasteiger charge is -2.19. The number of alkyl halides is 2. The molecule has 1 aliphatic heterocycles. The molecule has 1 rings (SSSR count). The first-order valence-electron chi connectivity index (χ1n) is 3.90. The molecular weight excluding hydrogens is 310 g/mol. The van der Waals surface area contributed by atoms with E-state index in [9.17, 15) is 0 Å². The number of halogens is 2. The highest BCUT2D eigenvalue weighted by Gasteiger charge is 2.18. The maximum absolute atomic E-state index is 8.85. The van der Waals surface area contributed by atoms with Crippen molar-refractivity contribution in [3.63, 3.8) is 0 Å². The van der Waals surface area contributed by atoms with Gasteiger partial charge in [-0.1, -0.05) is 31.9 Å². The van der Waals surface area contributed by atoms with Crippen LogP contribution in [-0.2, 0) is 0 Å². The van der Waals surface area contributed by atoms with E-state index in [4.69, 9.17) is 10.5 Å². The molecule has 1 heterocycles. The third-order valence-corrected chi connectivity index (χ3v) is 3.04. The topological polar surface area (TPSA) is 59.6 Å². The van der Waals surface area contributed by atoms with Crippen molar-refractivity contribution in [3.8, 4) is 12.1 Å². The van der Waals surface area contributed by atoms with Crippen molar-refractivity contribution in [3.05, 3.63) is 22.5 Å². The Labute approximate surface area is 99.3 Å².